The summed E-state index contributed by atoms with van der Waals surface area (Å²) in [5, 5.41) is 3.71. The molecule has 0 unspecified atom stereocenters. The van der Waals surface area contributed by atoms with Crippen LogP contribution in [0.25, 0.3) is 22.3 Å². The predicted octanol–water partition coefficient (Wildman–Crippen LogP) is 6.42. The lowest BCUT2D eigenvalue weighted by atomic mass is 9.99. The second-order valence-corrected chi connectivity index (χ2v) is 7.37. The van der Waals surface area contributed by atoms with Crippen LogP contribution in [-0.2, 0) is 0 Å². The third-order valence-electron chi connectivity index (χ3n) is 3.73. The van der Waals surface area contributed by atoms with Crippen LogP contribution in [-0.4, -0.2) is 10.5 Å². The molecule has 0 saturated carbocycles. The second kappa shape index (κ2) is 6.85. The Morgan fingerprint density at radius 2 is 1.56 bits per heavy atom. The zero-order valence-corrected chi connectivity index (χ0v) is 15.2. The molecule has 2 nitrogen and oxygen atoms in total. The van der Waals surface area contributed by atoms with Crippen LogP contribution in [0.3, 0.4) is 0 Å². The van der Waals surface area contributed by atoms with Gasteiger partial charge in [0, 0.05) is 28.4 Å². The molecule has 0 amide bonds. The summed E-state index contributed by atoms with van der Waals surface area (Å²) in [5.41, 5.74) is 2.38. The molecule has 0 aliphatic rings. The first-order valence-electron chi connectivity index (χ1n) is 8.13. The van der Waals surface area contributed by atoms with Crippen molar-refractivity contribution in [2.75, 3.05) is 5.32 Å². The van der Waals surface area contributed by atoms with Gasteiger partial charge in [-0.25, -0.2) is 9.37 Å². The van der Waals surface area contributed by atoms with Crippen molar-refractivity contribution in [1.82, 2.24) is 4.98 Å². The van der Waals surface area contributed by atoms with E-state index in [4.69, 9.17) is 11.6 Å². The maximum Gasteiger partial charge on any atom is 0.145 e. The Morgan fingerprint density at radius 1 is 0.920 bits per heavy atom. The minimum atomic E-state index is -0.275. The summed E-state index contributed by atoms with van der Waals surface area (Å²) >= 11 is 6.35. The van der Waals surface area contributed by atoms with Gasteiger partial charge < -0.3 is 5.32 Å². The lowest BCUT2D eigenvalue weighted by Crippen LogP contribution is -2.26. The fourth-order valence-electron chi connectivity index (χ4n) is 2.63. The fourth-order valence-corrected chi connectivity index (χ4v) is 2.84. The summed E-state index contributed by atoms with van der Waals surface area (Å²) in [7, 11) is 0. The smallest absolute Gasteiger partial charge is 0.145 e. The Labute approximate surface area is 152 Å². The lowest BCUT2D eigenvalue weighted by Gasteiger charge is -2.22. The van der Waals surface area contributed by atoms with Crippen molar-refractivity contribution in [3.05, 3.63) is 71.6 Å². The molecule has 0 bridgehead atoms. The molecule has 0 atom stereocenters. The maximum atomic E-state index is 15.1. The van der Waals surface area contributed by atoms with E-state index in [9.17, 15) is 0 Å². The number of halogens is 2. The van der Waals surface area contributed by atoms with Crippen LogP contribution < -0.4 is 5.32 Å². The average molecular weight is 355 g/mol. The van der Waals surface area contributed by atoms with Gasteiger partial charge in [-0.1, -0.05) is 60.1 Å². The molecule has 0 saturated heterocycles. The van der Waals surface area contributed by atoms with Crippen molar-refractivity contribution in [2.24, 2.45) is 0 Å². The van der Waals surface area contributed by atoms with E-state index in [0.717, 1.165) is 5.56 Å². The highest BCUT2D eigenvalue weighted by molar-refractivity contribution is 6.33. The Bertz CT molecular complexity index is 886. The number of benzene rings is 2. The van der Waals surface area contributed by atoms with Gasteiger partial charge in [0.15, 0.2) is 0 Å². The van der Waals surface area contributed by atoms with Gasteiger partial charge in [-0.05, 0) is 32.4 Å². The third kappa shape index (κ3) is 3.99. The first-order valence-corrected chi connectivity index (χ1v) is 8.51. The Hall–Kier alpha value is -2.39. The molecule has 128 valence electrons. The maximum absolute atomic E-state index is 15.1. The van der Waals surface area contributed by atoms with Gasteiger partial charge in [0.2, 0.25) is 0 Å². The van der Waals surface area contributed by atoms with E-state index in [0.29, 0.717) is 27.5 Å². The molecule has 0 spiro atoms. The van der Waals surface area contributed by atoms with E-state index in [1.165, 1.54) is 0 Å². The SMILES string of the molecule is CC(C)(C)Nc1ncc(-c2cccc(-c3ccccc3)c2F)cc1Cl. The zero-order chi connectivity index (χ0) is 18.0. The molecular formula is C21H20ClFN2. The molecule has 4 heteroatoms. The second-order valence-electron chi connectivity index (χ2n) is 6.96. The summed E-state index contributed by atoms with van der Waals surface area (Å²) < 4.78 is 15.1. The van der Waals surface area contributed by atoms with Crippen molar-refractivity contribution in [3.8, 4) is 22.3 Å². The van der Waals surface area contributed by atoms with Crippen LogP contribution in [0.2, 0.25) is 5.02 Å². The van der Waals surface area contributed by atoms with E-state index in [1.807, 2.05) is 57.2 Å². The Morgan fingerprint density at radius 3 is 2.16 bits per heavy atom. The van der Waals surface area contributed by atoms with Crippen LogP contribution in [0.15, 0.2) is 60.8 Å². The normalized spacial score (nSPS) is 11.4. The quantitative estimate of drug-likeness (QED) is 0.587. The number of nitrogens with zero attached hydrogens (tertiary/aromatic N) is 1. The highest BCUT2D eigenvalue weighted by atomic mass is 35.5. The summed E-state index contributed by atoms with van der Waals surface area (Å²) in [5.74, 6) is 0.320. The molecule has 0 fully saturated rings. The summed E-state index contributed by atoms with van der Waals surface area (Å²) in [4.78, 5) is 4.37. The van der Waals surface area contributed by atoms with Gasteiger partial charge in [-0.3, -0.25) is 0 Å². The number of anilines is 1. The number of rotatable bonds is 3. The van der Waals surface area contributed by atoms with Gasteiger partial charge in [0.25, 0.3) is 0 Å². The standard InChI is InChI=1S/C21H20ClFN2/c1-21(2,3)25-20-18(22)12-15(13-24-20)17-11-7-10-16(19(17)23)14-8-5-4-6-9-14/h4-13H,1-3H3,(H,24,25). The Balaban J connectivity index is 2.02. The van der Waals surface area contributed by atoms with E-state index in [2.05, 4.69) is 10.3 Å². The van der Waals surface area contributed by atoms with Crippen LogP contribution in [0.4, 0.5) is 10.2 Å². The van der Waals surface area contributed by atoms with Crippen molar-refractivity contribution >= 4 is 17.4 Å². The summed E-state index contributed by atoms with van der Waals surface area (Å²) in [6.45, 7) is 6.09. The fraction of sp³-hybridized carbons (Fsp3) is 0.190. The summed E-state index contributed by atoms with van der Waals surface area (Å²) in [6.07, 6.45) is 1.65. The number of hydrogen-bond donors (Lipinski definition) is 1. The lowest BCUT2D eigenvalue weighted by molar-refractivity contribution is 0.630. The van der Waals surface area contributed by atoms with Crippen molar-refractivity contribution in [2.45, 2.75) is 26.3 Å². The minimum absolute atomic E-state index is 0.156. The van der Waals surface area contributed by atoms with Gasteiger partial charge in [-0.15, -0.1) is 0 Å². The largest absolute Gasteiger partial charge is 0.364 e. The molecule has 1 N–H and O–H groups in total. The molecule has 3 aromatic rings. The molecule has 0 aliphatic heterocycles. The Kier molecular flexibility index (Phi) is 4.78. The molecule has 1 aromatic heterocycles. The van der Waals surface area contributed by atoms with Gasteiger partial charge in [0.05, 0.1) is 5.02 Å². The third-order valence-corrected chi connectivity index (χ3v) is 4.02. The molecule has 2 aromatic carbocycles. The van der Waals surface area contributed by atoms with Crippen LogP contribution >= 0.6 is 11.6 Å². The van der Waals surface area contributed by atoms with E-state index in [1.54, 1.807) is 24.4 Å². The summed E-state index contributed by atoms with van der Waals surface area (Å²) in [6, 6.07) is 16.6. The molecule has 1 heterocycles. The first-order chi connectivity index (χ1) is 11.8. The number of pyridine rings is 1. The van der Waals surface area contributed by atoms with E-state index >= 15 is 4.39 Å². The first kappa shape index (κ1) is 17.4. The van der Waals surface area contributed by atoms with Crippen LogP contribution in [0.1, 0.15) is 20.8 Å². The number of aromatic nitrogens is 1. The van der Waals surface area contributed by atoms with E-state index in [-0.39, 0.29) is 11.4 Å². The minimum Gasteiger partial charge on any atom is -0.364 e. The number of nitrogens with one attached hydrogen (secondary N) is 1. The molecule has 25 heavy (non-hydrogen) atoms. The molecule has 3 rings (SSSR count). The van der Waals surface area contributed by atoms with Gasteiger partial charge >= 0.3 is 0 Å². The monoisotopic (exact) mass is 354 g/mol. The molecule has 0 aliphatic carbocycles. The molecule has 0 radical (unpaired) electrons. The van der Waals surface area contributed by atoms with Crippen molar-refractivity contribution in [1.29, 1.82) is 0 Å². The van der Waals surface area contributed by atoms with E-state index < -0.39 is 0 Å². The average Bonchev–Trinajstić information content (AvgIpc) is 2.57. The highest BCUT2D eigenvalue weighted by Crippen LogP contribution is 2.33. The van der Waals surface area contributed by atoms with Crippen molar-refractivity contribution in [3.63, 3.8) is 0 Å². The van der Waals surface area contributed by atoms with Gasteiger partial charge in [-0.2, -0.15) is 0 Å². The number of hydrogen-bond acceptors (Lipinski definition) is 2. The highest BCUT2D eigenvalue weighted by Gasteiger charge is 2.16. The topological polar surface area (TPSA) is 24.9 Å². The molecular weight excluding hydrogens is 335 g/mol. The predicted molar refractivity (Wildman–Crippen MR) is 103 cm³/mol. The van der Waals surface area contributed by atoms with Crippen LogP contribution in [0.5, 0.6) is 0 Å². The van der Waals surface area contributed by atoms with Gasteiger partial charge in [0.1, 0.15) is 11.6 Å². The van der Waals surface area contributed by atoms with Crippen LogP contribution in [0, 0.1) is 5.82 Å². The zero-order valence-electron chi connectivity index (χ0n) is 14.5. The van der Waals surface area contributed by atoms with Crippen molar-refractivity contribution < 1.29 is 4.39 Å².